The lowest BCUT2D eigenvalue weighted by atomic mass is 10.1. The molecule has 0 fully saturated rings. The number of amides is 1. The van der Waals surface area contributed by atoms with Crippen molar-refractivity contribution in [1.82, 2.24) is 5.32 Å². The molecule has 9 heteroatoms. The van der Waals surface area contributed by atoms with E-state index < -0.39 is 6.10 Å². The minimum atomic E-state index is -0.860. The number of fused-ring (bicyclic) bond motifs is 2. The van der Waals surface area contributed by atoms with Gasteiger partial charge in [-0.25, -0.2) is 0 Å². The molecule has 166 valence electrons. The molecular weight excluding hydrogens is 434 g/mol. The van der Waals surface area contributed by atoms with Gasteiger partial charge in [0.15, 0.2) is 23.0 Å². The molecule has 3 heterocycles. The molecule has 0 saturated heterocycles. The summed E-state index contributed by atoms with van der Waals surface area (Å²) in [5, 5.41) is 12.9. The fraction of sp³-hybridized carbons (Fsp3) is 0.261. The van der Waals surface area contributed by atoms with Crippen LogP contribution in [0.2, 0.25) is 0 Å². The average Bonchev–Trinajstić information content (AvgIpc) is 3.50. The van der Waals surface area contributed by atoms with Gasteiger partial charge < -0.3 is 34.1 Å². The van der Waals surface area contributed by atoms with Gasteiger partial charge in [-0.05, 0) is 48.0 Å². The van der Waals surface area contributed by atoms with Crippen LogP contribution in [0.3, 0.4) is 0 Å². The van der Waals surface area contributed by atoms with Gasteiger partial charge in [-0.1, -0.05) is 0 Å². The molecule has 32 heavy (non-hydrogen) atoms. The van der Waals surface area contributed by atoms with Gasteiger partial charge in [0.25, 0.3) is 5.91 Å². The zero-order valence-corrected chi connectivity index (χ0v) is 17.9. The van der Waals surface area contributed by atoms with Crippen LogP contribution >= 0.6 is 11.3 Å². The van der Waals surface area contributed by atoms with Crippen molar-refractivity contribution in [2.24, 2.45) is 0 Å². The SMILES string of the molecule is O=C(NCC(O)COc1ccc2c(c1)OCO2)c1ccc(-c2ccc3c(c2)OCCO3)s1. The van der Waals surface area contributed by atoms with Crippen LogP contribution in [0, 0.1) is 0 Å². The Hall–Kier alpha value is -3.43. The Morgan fingerprint density at radius 3 is 2.62 bits per heavy atom. The molecular formula is C23H21NO7S. The van der Waals surface area contributed by atoms with Crippen molar-refractivity contribution in [1.29, 1.82) is 0 Å². The second-order valence-electron chi connectivity index (χ2n) is 7.21. The fourth-order valence-corrected chi connectivity index (χ4v) is 4.25. The van der Waals surface area contributed by atoms with E-state index >= 15 is 0 Å². The number of thiophene rings is 1. The molecule has 0 aliphatic carbocycles. The Balaban J connectivity index is 1.13. The Labute approximate surface area is 188 Å². The standard InChI is InChI=1S/C23H21NO7S/c25-15(12-29-16-2-4-18-20(10-16)31-13-30-18)11-24-23(26)22-6-5-21(32-22)14-1-3-17-19(9-14)28-8-7-27-17/h1-6,9-10,15,25H,7-8,11-13H2,(H,24,26). The van der Waals surface area contributed by atoms with Crippen molar-refractivity contribution in [3.05, 3.63) is 53.4 Å². The number of carbonyl (C=O) groups excluding carboxylic acids is 1. The summed E-state index contributed by atoms with van der Waals surface area (Å²) >= 11 is 1.37. The number of carbonyl (C=O) groups is 1. The van der Waals surface area contributed by atoms with Crippen LogP contribution in [0.5, 0.6) is 28.7 Å². The van der Waals surface area contributed by atoms with E-state index in [1.54, 1.807) is 24.3 Å². The maximum atomic E-state index is 12.5. The van der Waals surface area contributed by atoms with Crippen molar-refractivity contribution in [2.75, 3.05) is 33.2 Å². The van der Waals surface area contributed by atoms with Crippen LogP contribution in [0.25, 0.3) is 10.4 Å². The van der Waals surface area contributed by atoms with Gasteiger partial charge in [-0.2, -0.15) is 0 Å². The van der Waals surface area contributed by atoms with E-state index in [4.69, 9.17) is 23.7 Å². The number of hydrogen-bond acceptors (Lipinski definition) is 8. The molecule has 0 bridgehead atoms. The van der Waals surface area contributed by atoms with Gasteiger partial charge in [0.1, 0.15) is 31.7 Å². The number of rotatable bonds is 7. The zero-order valence-electron chi connectivity index (χ0n) is 17.0. The lowest BCUT2D eigenvalue weighted by Crippen LogP contribution is -2.34. The highest BCUT2D eigenvalue weighted by Gasteiger charge is 2.17. The van der Waals surface area contributed by atoms with Crippen LogP contribution in [0.1, 0.15) is 9.67 Å². The normalized spacial score (nSPS) is 14.7. The van der Waals surface area contributed by atoms with Gasteiger partial charge in [-0.3, -0.25) is 4.79 Å². The van der Waals surface area contributed by atoms with E-state index in [-0.39, 0.29) is 25.9 Å². The summed E-state index contributed by atoms with van der Waals surface area (Å²) in [6, 6.07) is 14.6. The third kappa shape index (κ3) is 4.44. The molecule has 2 aliphatic heterocycles. The third-order valence-corrected chi connectivity index (χ3v) is 6.07. The number of hydrogen-bond donors (Lipinski definition) is 2. The van der Waals surface area contributed by atoms with Crippen molar-refractivity contribution in [2.45, 2.75) is 6.10 Å². The van der Waals surface area contributed by atoms with Crippen LogP contribution in [0.15, 0.2) is 48.5 Å². The summed E-state index contributed by atoms with van der Waals surface area (Å²) in [6.07, 6.45) is -0.860. The molecule has 2 aliphatic rings. The molecule has 1 amide bonds. The molecule has 1 atom stereocenters. The summed E-state index contributed by atoms with van der Waals surface area (Å²) in [4.78, 5) is 14.0. The van der Waals surface area contributed by atoms with E-state index in [9.17, 15) is 9.90 Å². The Morgan fingerprint density at radius 1 is 0.969 bits per heavy atom. The Bertz CT molecular complexity index is 1130. The van der Waals surface area contributed by atoms with Gasteiger partial charge >= 0.3 is 0 Å². The van der Waals surface area contributed by atoms with Gasteiger partial charge in [0.2, 0.25) is 6.79 Å². The zero-order chi connectivity index (χ0) is 21.9. The predicted molar refractivity (Wildman–Crippen MR) is 117 cm³/mol. The van der Waals surface area contributed by atoms with E-state index in [1.807, 2.05) is 24.3 Å². The summed E-state index contributed by atoms with van der Waals surface area (Å²) in [6.45, 7) is 1.36. The predicted octanol–water partition coefficient (Wildman–Crippen LogP) is 3.08. The summed E-state index contributed by atoms with van der Waals surface area (Å²) in [7, 11) is 0. The minimum absolute atomic E-state index is 0.0345. The Morgan fingerprint density at radius 2 is 1.72 bits per heavy atom. The van der Waals surface area contributed by atoms with Crippen LogP contribution in [-0.4, -0.2) is 50.3 Å². The molecule has 8 nitrogen and oxygen atoms in total. The number of ether oxygens (including phenoxy) is 5. The highest BCUT2D eigenvalue weighted by Crippen LogP contribution is 2.37. The maximum Gasteiger partial charge on any atom is 0.261 e. The first-order chi connectivity index (χ1) is 15.7. The first-order valence-corrected chi connectivity index (χ1v) is 11.0. The first kappa shape index (κ1) is 20.5. The minimum Gasteiger partial charge on any atom is -0.491 e. The van der Waals surface area contributed by atoms with E-state index in [1.165, 1.54) is 11.3 Å². The topological polar surface area (TPSA) is 95.5 Å². The molecule has 5 rings (SSSR count). The molecule has 2 aromatic carbocycles. The molecule has 3 aromatic rings. The van der Waals surface area contributed by atoms with Crippen LogP contribution < -0.4 is 29.0 Å². The monoisotopic (exact) mass is 455 g/mol. The quantitative estimate of drug-likeness (QED) is 0.565. The largest absolute Gasteiger partial charge is 0.491 e. The molecule has 0 radical (unpaired) electrons. The highest BCUT2D eigenvalue weighted by molar-refractivity contribution is 7.17. The van der Waals surface area contributed by atoms with Crippen molar-refractivity contribution in [3.8, 4) is 39.2 Å². The van der Waals surface area contributed by atoms with Crippen LogP contribution in [0.4, 0.5) is 0 Å². The molecule has 0 saturated carbocycles. The summed E-state index contributed by atoms with van der Waals surface area (Å²) < 4.78 is 27.3. The number of aliphatic hydroxyl groups excluding tert-OH is 1. The smallest absolute Gasteiger partial charge is 0.261 e. The second kappa shape index (κ2) is 8.97. The Kier molecular flexibility index (Phi) is 5.74. The molecule has 1 aromatic heterocycles. The number of benzene rings is 2. The van der Waals surface area contributed by atoms with E-state index in [0.29, 0.717) is 41.1 Å². The summed E-state index contributed by atoms with van der Waals surface area (Å²) in [5.41, 5.74) is 0.954. The molecule has 2 N–H and O–H groups in total. The van der Waals surface area contributed by atoms with Crippen molar-refractivity contribution < 1.29 is 33.6 Å². The van der Waals surface area contributed by atoms with E-state index in [0.717, 1.165) is 16.2 Å². The number of nitrogens with one attached hydrogen (secondary N) is 1. The van der Waals surface area contributed by atoms with Crippen molar-refractivity contribution >= 4 is 17.2 Å². The van der Waals surface area contributed by atoms with Crippen molar-refractivity contribution in [3.63, 3.8) is 0 Å². The maximum absolute atomic E-state index is 12.5. The highest BCUT2D eigenvalue weighted by atomic mass is 32.1. The van der Waals surface area contributed by atoms with E-state index in [2.05, 4.69) is 5.32 Å². The fourth-order valence-electron chi connectivity index (χ4n) is 3.33. The number of aliphatic hydroxyl groups is 1. The molecule has 0 spiro atoms. The second-order valence-corrected chi connectivity index (χ2v) is 8.30. The summed E-state index contributed by atoms with van der Waals surface area (Å²) in [5.74, 6) is 3.02. The van der Waals surface area contributed by atoms with Gasteiger partial charge in [-0.15, -0.1) is 11.3 Å². The third-order valence-electron chi connectivity index (χ3n) is 4.94. The first-order valence-electron chi connectivity index (χ1n) is 10.1. The average molecular weight is 455 g/mol. The molecule has 1 unspecified atom stereocenters. The van der Waals surface area contributed by atoms with Gasteiger partial charge in [0, 0.05) is 17.5 Å². The van der Waals surface area contributed by atoms with Crippen LogP contribution in [-0.2, 0) is 0 Å². The lowest BCUT2D eigenvalue weighted by molar-refractivity contribution is 0.0846. The lowest BCUT2D eigenvalue weighted by Gasteiger charge is -2.18. The van der Waals surface area contributed by atoms with Gasteiger partial charge in [0.05, 0.1) is 4.88 Å².